The Morgan fingerprint density at radius 2 is 1.40 bits per heavy atom. The summed E-state index contributed by atoms with van der Waals surface area (Å²) in [5.74, 6) is -2.40. The summed E-state index contributed by atoms with van der Waals surface area (Å²) >= 11 is 0. The van der Waals surface area contributed by atoms with Gasteiger partial charge < -0.3 is 19.4 Å². The number of benzene rings is 2. The van der Waals surface area contributed by atoms with Crippen LogP contribution in [0.3, 0.4) is 0 Å². The minimum Gasteiger partial charge on any atom is -0.460 e. The predicted octanol–water partition coefficient (Wildman–Crippen LogP) is 4.19. The maximum Gasteiger partial charge on any atom is 0.339 e. The molecule has 2 aromatic rings. The first-order valence-electron chi connectivity index (χ1n) is 11.4. The first-order chi connectivity index (χ1) is 16.1. The Labute approximate surface area is 207 Å². The molecule has 0 spiro atoms. The molecule has 0 aromatic heterocycles. The average molecular weight is 506 g/mol. The number of ether oxygens (including phenoxy) is 2. The monoisotopic (exact) mass is 505 g/mol. The fourth-order valence-electron chi connectivity index (χ4n) is 3.39. The van der Waals surface area contributed by atoms with Crippen molar-refractivity contribution >= 4 is 22.1 Å². The summed E-state index contributed by atoms with van der Waals surface area (Å²) in [6.45, 7) is 10.6. The van der Waals surface area contributed by atoms with E-state index in [2.05, 4.69) is 0 Å². The lowest BCUT2D eigenvalue weighted by atomic mass is 9.83. The molecule has 2 N–H and O–H groups in total. The van der Waals surface area contributed by atoms with Crippen molar-refractivity contribution in [3.63, 3.8) is 0 Å². The summed E-state index contributed by atoms with van der Waals surface area (Å²) in [4.78, 5) is 25.7. The van der Waals surface area contributed by atoms with Gasteiger partial charge in [-0.25, -0.2) is 0 Å². The largest absolute Gasteiger partial charge is 0.460 e. The van der Waals surface area contributed by atoms with Gasteiger partial charge in [0.15, 0.2) is 0 Å². The van der Waals surface area contributed by atoms with Gasteiger partial charge in [0, 0.05) is 0 Å². The topological polar surface area (TPSA) is 122 Å². The minimum absolute atomic E-state index is 0.0243. The molecule has 2 atom stereocenters. The standard InChI is InChI=1S/C26H35NO7S/c1-25(2,3)32-22(28)16-19(17-27)23(24(29)33-26(4,5)6)18-12-14-20(15-13-18)34-35(30,31)21-10-8-7-9-11-21/h7-15,19,23H,16-17,27H2,1-6H3. The van der Waals surface area contributed by atoms with Crippen LogP contribution in [0.15, 0.2) is 59.5 Å². The van der Waals surface area contributed by atoms with Crippen molar-refractivity contribution in [2.75, 3.05) is 6.54 Å². The van der Waals surface area contributed by atoms with Crippen LogP contribution in [0.2, 0.25) is 0 Å². The molecular weight excluding hydrogens is 470 g/mol. The maximum absolute atomic E-state index is 13.2. The molecule has 0 amide bonds. The maximum atomic E-state index is 13.2. The summed E-state index contributed by atoms with van der Waals surface area (Å²) < 4.78 is 41.3. The van der Waals surface area contributed by atoms with E-state index in [1.807, 2.05) is 0 Å². The molecule has 0 radical (unpaired) electrons. The molecule has 0 aliphatic rings. The van der Waals surface area contributed by atoms with E-state index in [9.17, 15) is 18.0 Å². The van der Waals surface area contributed by atoms with E-state index in [0.29, 0.717) is 5.56 Å². The lowest BCUT2D eigenvalue weighted by Crippen LogP contribution is -2.36. The Morgan fingerprint density at radius 1 is 0.857 bits per heavy atom. The van der Waals surface area contributed by atoms with Crippen molar-refractivity contribution in [3.05, 3.63) is 60.2 Å². The van der Waals surface area contributed by atoms with Gasteiger partial charge in [-0.15, -0.1) is 0 Å². The zero-order valence-corrected chi connectivity index (χ0v) is 21.9. The van der Waals surface area contributed by atoms with Gasteiger partial charge in [-0.2, -0.15) is 8.42 Å². The fourth-order valence-corrected chi connectivity index (χ4v) is 4.34. The predicted molar refractivity (Wildman–Crippen MR) is 132 cm³/mol. The highest BCUT2D eigenvalue weighted by atomic mass is 32.2. The van der Waals surface area contributed by atoms with Crippen LogP contribution < -0.4 is 9.92 Å². The smallest absolute Gasteiger partial charge is 0.339 e. The van der Waals surface area contributed by atoms with E-state index in [-0.39, 0.29) is 23.6 Å². The van der Waals surface area contributed by atoms with E-state index in [1.165, 1.54) is 24.3 Å². The zero-order chi connectivity index (χ0) is 26.4. The molecule has 35 heavy (non-hydrogen) atoms. The fraction of sp³-hybridized carbons (Fsp3) is 0.462. The normalized spacial score (nSPS) is 14.0. The van der Waals surface area contributed by atoms with Crippen LogP contribution in [0.25, 0.3) is 0 Å². The van der Waals surface area contributed by atoms with E-state index in [1.54, 1.807) is 71.9 Å². The van der Waals surface area contributed by atoms with Crippen LogP contribution in [0, 0.1) is 5.92 Å². The number of rotatable bonds is 9. The van der Waals surface area contributed by atoms with Gasteiger partial charge in [-0.05, 0) is 83.8 Å². The Kier molecular flexibility index (Phi) is 9.08. The number of carbonyl (C=O) groups excluding carboxylic acids is 2. The second-order valence-corrected chi connectivity index (χ2v) is 11.8. The molecule has 0 fully saturated rings. The molecule has 8 nitrogen and oxygen atoms in total. The van der Waals surface area contributed by atoms with Gasteiger partial charge in [0.2, 0.25) is 0 Å². The summed E-state index contributed by atoms with van der Waals surface area (Å²) in [6.07, 6.45) is -0.0850. The lowest BCUT2D eigenvalue weighted by Gasteiger charge is -2.29. The number of nitrogens with two attached hydrogens (primary N) is 1. The Balaban J connectivity index is 2.33. The molecule has 0 saturated heterocycles. The molecule has 0 saturated carbocycles. The number of hydrogen-bond donors (Lipinski definition) is 1. The van der Waals surface area contributed by atoms with Crippen molar-refractivity contribution in [1.29, 1.82) is 0 Å². The van der Waals surface area contributed by atoms with Gasteiger partial charge in [0.1, 0.15) is 21.8 Å². The van der Waals surface area contributed by atoms with Crippen molar-refractivity contribution in [1.82, 2.24) is 0 Å². The zero-order valence-electron chi connectivity index (χ0n) is 21.1. The Bertz CT molecular complexity index is 1100. The molecule has 2 aromatic carbocycles. The molecular formula is C26H35NO7S. The van der Waals surface area contributed by atoms with E-state index < -0.39 is 45.1 Å². The molecule has 2 unspecified atom stereocenters. The van der Waals surface area contributed by atoms with E-state index in [4.69, 9.17) is 19.4 Å². The Morgan fingerprint density at radius 3 is 1.89 bits per heavy atom. The average Bonchev–Trinajstić information content (AvgIpc) is 2.72. The minimum atomic E-state index is -4.01. The highest BCUT2D eigenvalue weighted by molar-refractivity contribution is 7.87. The summed E-state index contributed by atoms with van der Waals surface area (Å²) in [6, 6.07) is 13.8. The third-order valence-electron chi connectivity index (χ3n) is 4.76. The molecule has 0 aliphatic carbocycles. The van der Waals surface area contributed by atoms with Crippen molar-refractivity contribution in [3.8, 4) is 5.75 Å². The number of esters is 2. The van der Waals surface area contributed by atoms with Crippen molar-refractivity contribution < 1.29 is 31.7 Å². The van der Waals surface area contributed by atoms with Crippen LogP contribution in [-0.4, -0.2) is 38.1 Å². The van der Waals surface area contributed by atoms with Crippen molar-refractivity contribution in [2.45, 2.75) is 70.0 Å². The van der Waals surface area contributed by atoms with Crippen LogP contribution in [0.4, 0.5) is 0 Å². The molecule has 0 heterocycles. The molecule has 0 bridgehead atoms. The van der Waals surface area contributed by atoms with Gasteiger partial charge in [0.25, 0.3) is 0 Å². The van der Waals surface area contributed by atoms with Crippen LogP contribution >= 0.6 is 0 Å². The van der Waals surface area contributed by atoms with Crippen LogP contribution in [0.1, 0.15) is 59.4 Å². The van der Waals surface area contributed by atoms with Gasteiger partial charge >= 0.3 is 22.1 Å². The van der Waals surface area contributed by atoms with Crippen LogP contribution in [-0.2, 0) is 29.2 Å². The Hall–Kier alpha value is -2.91. The highest BCUT2D eigenvalue weighted by Gasteiger charge is 2.35. The second kappa shape index (κ2) is 11.2. The summed E-state index contributed by atoms with van der Waals surface area (Å²) in [5.41, 5.74) is 5.06. The lowest BCUT2D eigenvalue weighted by molar-refractivity contribution is -0.160. The first kappa shape index (κ1) is 28.3. The van der Waals surface area contributed by atoms with Crippen LogP contribution in [0.5, 0.6) is 5.75 Å². The first-order valence-corrected chi connectivity index (χ1v) is 12.8. The van der Waals surface area contributed by atoms with E-state index in [0.717, 1.165) is 0 Å². The SMILES string of the molecule is CC(C)(C)OC(=O)CC(CN)C(C(=O)OC(C)(C)C)c1ccc(OS(=O)(=O)c2ccccc2)cc1. The number of carbonyl (C=O) groups is 2. The molecule has 2 rings (SSSR count). The summed E-state index contributed by atoms with van der Waals surface area (Å²) in [5, 5.41) is 0. The third-order valence-corrected chi connectivity index (χ3v) is 6.02. The van der Waals surface area contributed by atoms with Gasteiger partial charge in [-0.1, -0.05) is 30.3 Å². The third kappa shape index (κ3) is 8.99. The van der Waals surface area contributed by atoms with Gasteiger partial charge in [-0.3, -0.25) is 9.59 Å². The van der Waals surface area contributed by atoms with E-state index >= 15 is 0 Å². The second-order valence-electron chi connectivity index (χ2n) is 10.2. The van der Waals surface area contributed by atoms with Gasteiger partial charge in [0.05, 0.1) is 12.3 Å². The highest BCUT2D eigenvalue weighted by Crippen LogP contribution is 2.32. The quantitative estimate of drug-likeness (QED) is 0.398. The molecule has 0 aliphatic heterocycles. The summed E-state index contributed by atoms with van der Waals surface area (Å²) in [7, 11) is -4.01. The molecule has 192 valence electrons. The number of hydrogen-bond acceptors (Lipinski definition) is 8. The molecule has 9 heteroatoms. The van der Waals surface area contributed by atoms with Crippen molar-refractivity contribution in [2.24, 2.45) is 11.7 Å².